The summed E-state index contributed by atoms with van der Waals surface area (Å²) in [5.74, 6) is 1.53. The molecule has 6 nitrogen and oxygen atoms in total. The molecule has 21 heavy (non-hydrogen) atoms. The van der Waals surface area contributed by atoms with Gasteiger partial charge < -0.3 is 15.4 Å². The number of alkyl carbamates (subject to hydrolysis) is 1. The lowest BCUT2D eigenvalue weighted by Crippen LogP contribution is -2.35. The molecule has 1 heterocycles. The van der Waals surface area contributed by atoms with E-state index in [9.17, 15) is 4.79 Å². The normalized spacial score (nSPS) is 11.4. The second kappa shape index (κ2) is 7.45. The molecule has 0 aliphatic heterocycles. The van der Waals surface area contributed by atoms with Gasteiger partial charge in [0.25, 0.3) is 0 Å². The highest BCUT2D eigenvalue weighted by Gasteiger charge is 2.15. The van der Waals surface area contributed by atoms with Crippen molar-refractivity contribution in [1.29, 1.82) is 0 Å². The van der Waals surface area contributed by atoms with E-state index in [1.165, 1.54) is 0 Å². The molecule has 118 valence electrons. The number of hydrogen-bond acceptors (Lipinski definition) is 5. The summed E-state index contributed by atoms with van der Waals surface area (Å²) in [5.41, 5.74) is -0.496. The summed E-state index contributed by atoms with van der Waals surface area (Å²) < 4.78 is 5.14. The number of ether oxygens (including phenoxy) is 1. The van der Waals surface area contributed by atoms with Gasteiger partial charge in [0.2, 0.25) is 0 Å². The van der Waals surface area contributed by atoms with E-state index in [4.69, 9.17) is 16.3 Å². The van der Waals surface area contributed by atoms with Gasteiger partial charge in [-0.2, -0.15) is 0 Å². The molecule has 0 saturated heterocycles. The minimum atomic E-state index is -0.496. The number of rotatable bonds is 5. The minimum absolute atomic E-state index is 0.198. The third kappa shape index (κ3) is 7.13. The first-order valence-electron chi connectivity index (χ1n) is 6.92. The first-order valence-corrected chi connectivity index (χ1v) is 7.30. The van der Waals surface area contributed by atoms with Crippen LogP contribution in [-0.2, 0) is 4.74 Å². The number of amides is 1. The van der Waals surface area contributed by atoms with Crippen molar-refractivity contribution in [2.45, 2.75) is 46.1 Å². The molecule has 0 bridgehead atoms. The number of halogens is 1. The van der Waals surface area contributed by atoms with E-state index < -0.39 is 11.7 Å². The van der Waals surface area contributed by atoms with Gasteiger partial charge in [0.05, 0.1) is 0 Å². The number of anilines is 1. The Kier molecular flexibility index (Phi) is 6.20. The molecule has 0 fully saturated rings. The Labute approximate surface area is 130 Å². The quantitative estimate of drug-likeness (QED) is 0.645. The number of aromatic nitrogens is 2. The standard InChI is InChI=1S/C14H23ClN4O2/c1-9(2)12-18-10(15)8-11(19-12)16-6-7-17-13(20)21-14(3,4)5/h8-9H,6-7H2,1-5H3,(H,17,20)(H,16,18,19). The van der Waals surface area contributed by atoms with Crippen molar-refractivity contribution in [3.8, 4) is 0 Å². The van der Waals surface area contributed by atoms with Gasteiger partial charge in [0.1, 0.15) is 22.4 Å². The molecule has 1 aromatic heterocycles. The summed E-state index contributed by atoms with van der Waals surface area (Å²) in [7, 11) is 0. The lowest BCUT2D eigenvalue weighted by Gasteiger charge is -2.19. The maximum Gasteiger partial charge on any atom is 0.407 e. The number of hydrogen-bond donors (Lipinski definition) is 2. The molecule has 0 radical (unpaired) electrons. The van der Waals surface area contributed by atoms with Crippen LogP contribution in [0.5, 0.6) is 0 Å². The maximum atomic E-state index is 11.5. The summed E-state index contributed by atoms with van der Waals surface area (Å²) in [6.07, 6.45) is -0.437. The van der Waals surface area contributed by atoms with Crippen LogP contribution in [0.3, 0.4) is 0 Å². The Balaban J connectivity index is 2.41. The Morgan fingerprint density at radius 2 is 2.00 bits per heavy atom. The van der Waals surface area contributed by atoms with Gasteiger partial charge in [-0.1, -0.05) is 25.4 Å². The van der Waals surface area contributed by atoms with Crippen LogP contribution in [0.4, 0.5) is 10.6 Å². The fraction of sp³-hybridized carbons (Fsp3) is 0.643. The van der Waals surface area contributed by atoms with Crippen LogP contribution in [0.25, 0.3) is 0 Å². The van der Waals surface area contributed by atoms with Gasteiger partial charge in [-0.25, -0.2) is 14.8 Å². The van der Waals surface area contributed by atoms with Gasteiger partial charge in [-0.3, -0.25) is 0 Å². The second-order valence-corrected chi connectivity index (χ2v) is 6.33. The fourth-order valence-electron chi connectivity index (χ4n) is 1.45. The highest BCUT2D eigenvalue weighted by atomic mass is 35.5. The molecule has 1 aromatic rings. The fourth-order valence-corrected chi connectivity index (χ4v) is 1.64. The molecular weight excluding hydrogens is 292 g/mol. The van der Waals surface area contributed by atoms with Crippen molar-refractivity contribution in [3.63, 3.8) is 0 Å². The van der Waals surface area contributed by atoms with Gasteiger partial charge in [-0.05, 0) is 20.8 Å². The minimum Gasteiger partial charge on any atom is -0.444 e. The number of nitrogens with one attached hydrogen (secondary N) is 2. The van der Waals surface area contributed by atoms with Crippen LogP contribution in [-0.4, -0.2) is 34.8 Å². The molecular formula is C14H23ClN4O2. The van der Waals surface area contributed by atoms with Crippen molar-refractivity contribution in [2.75, 3.05) is 18.4 Å². The first-order chi connectivity index (χ1) is 9.67. The van der Waals surface area contributed by atoms with Gasteiger partial charge in [-0.15, -0.1) is 0 Å². The number of carbonyl (C=O) groups is 1. The van der Waals surface area contributed by atoms with Crippen molar-refractivity contribution in [1.82, 2.24) is 15.3 Å². The zero-order valence-corrected chi connectivity index (χ0v) is 13.9. The van der Waals surface area contributed by atoms with Gasteiger partial charge in [0.15, 0.2) is 0 Å². The van der Waals surface area contributed by atoms with E-state index in [1.807, 2.05) is 34.6 Å². The predicted octanol–water partition coefficient (Wildman–Crippen LogP) is 3.19. The third-order valence-electron chi connectivity index (χ3n) is 2.33. The summed E-state index contributed by atoms with van der Waals surface area (Å²) in [6.45, 7) is 10.4. The van der Waals surface area contributed by atoms with Gasteiger partial charge >= 0.3 is 6.09 Å². The molecule has 0 saturated carbocycles. The van der Waals surface area contributed by atoms with Crippen LogP contribution in [0.2, 0.25) is 5.15 Å². The Bertz CT molecular complexity index is 486. The van der Waals surface area contributed by atoms with Crippen LogP contribution in [0.1, 0.15) is 46.4 Å². The molecule has 2 N–H and O–H groups in total. The Morgan fingerprint density at radius 1 is 1.33 bits per heavy atom. The van der Waals surface area contributed by atoms with Crippen LogP contribution < -0.4 is 10.6 Å². The van der Waals surface area contributed by atoms with Crippen LogP contribution in [0.15, 0.2) is 6.07 Å². The summed E-state index contributed by atoms with van der Waals surface area (Å²) >= 11 is 5.95. The summed E-state index contributed by atoms with van der Waals surface area (Å²) in [6, 6.07) is 1.65. The molecule has 0 spiro atoms. The molecule has 0 unspecified atom stereocenters. The van der Waals surface area contributed by atoms with Crippen molar-refractivity contribution >= 4 is 23.5 Å². The molecule has 7 heteroatoms. The molecule has 1 amide bonds. The molecule has 0 aliphatic carbocycles. The van der Waals surface area contributed by atoms with Crippen LogP contribution >= 0.6 is 11.6 Å². The van der Waals surface area contributed by atoms with E-state index in [0.717, 1.165) is 0 Å². The smallest absolute Gasteiger partial charge is 0.407 e. The highest BCUT2D eigenvalue weighted by molar-refractivity contribution is 6.29. The van der Waals surface area contributed by atoms with Crippen molar-refractivity contribution < 1.29 is 9.53 Å². The second-order valence-electron chi connectivity index (χ2n) is 5.94. The molecule has 1 rings (SSSR count). The van der Waals surface area contributed by atoms with Crippen LogP contribution in [0, 0.1) is 0 Å². The molecule has 0 aromatic carbocycles. The largest absolute Gasteiger partial charge is 0.444 e. The van der Waals surface area contributed by atoms with E-state index in [-0.39, 0.29) is 5.92 Å². The monoisotopic (exact) mass is 314 g/mol. The summed E-state index contributed by atoms with van der Waals surface area (Å²) in [5, 5.41) is 6.15. The zero-order chi connectivity index (χ0) is 16.0. The van der Waals surface area contributed by atoms with E-state index >= 15 is 0 Å². The average molecular weight is 315 g/mol. The average Bonchev–Trinajstić information content (AvgIpc) is 2.31. The lowest BCUT2D eigenvalue weighted by atomic mass is 10.2. The zero-order valence-electron chi connectivity index (χ0n) is 13.2. The van der Waals surface area contributed by atoms with Gasteiger partial charge in [0, 0.05) is 25.1 Å². The summed E-state index contributed by atoms with van der Waals surface area (Å²) in [4.78, 5) is 20.0. The SMILES string of the molecule is CC(C)c1nc(Cl)cc(NCCNC(=O)OC(C)(C)C)n1. The number of carbonyl (C=O) groups excluding carboxylic acids is 1. The van der Waals surface area contributed by atoms with E-state index in [2.05, 4.69) is 20.6 Å². The van der Waals surface area contributed by atoms with E-state index in [1.54, 1.807) is 6.07 Å². The predicted molar refractivity (Wildman–Crippen MR) is 83.9 cm³/mol. The number of nitrogens with zero attached hydrogens (tertiary/aromatic N) is 2. The van der Waals surface area contributed by atoms with Crippen molar-refractivity contribution in [2.24, 2.45) is 0 Å². The van der Waals surface area contributed by atoms with E-state index in [0.29, 0.717) is 29.9 Å². The van der Waals surface area contributed by atoms with Crippen molar-refractivity contribution in [3.05, 3.63) is 17.0 Å². The topological polar surface area (TPSA) is 76.1 Å². The molecule has 0 atom stereocenters. The maximum absolute atomic E-state index is 11.5. The first kappa shape index (κ1) is 17.5. The Hall–Kier alpha value is -1.56. The Morgan fingerprint density at radius 3 is 2.57 bits per heavy atom. The lowest BCUT2D eigenvalue weighted by molar-refractivity contribution is 0.0530. The molecule has 0 aliphatic rings. The highest BCUT2D eigenvalue weighted by Crippen LogP contribution is 2.16. The third-order valence-corrected chi connectivity index (χ3v) is 2.52.